The van der Waals surface area contributed by atoms with Gasteiger partial charge in [-0.05, 0) is 58.1 Å². The molecule has 4 heteroatoms. The highest BCUT2D eigenvalue weighted by atomic mass is 16.6. The molecule has 0 saturated carbocycles. The van der Waals surface area contributed by atoms with Gasteiger partial charge in [0.2, 0.25) is 0 Å². The lowest BCUT2D eigenvalue weighted by Gasteiger charge is -2.47. The molecular formula is C20H30N2O2. The van der Waals surface area contributed by atoms with Crippen LogP contribution in [0.4, 0.5) is 4.79 Å². The van der Waals surface area contributed by atoms with Crippen molar-refractivity contribution >= 4 is 6.09 Å². The van der Waals surface area contributed by atoms with Crippen molar-refractivity contribution in [2.45, 2.75) is 58.2 Å². The number of hydrogen-bond acceptors (Lipinski definition) is 3. The standard InChI is InChI=1S/C20H30N2O2/c1-20(2,3)24-19(23)22-13-11-18-17(15-22)10-7-12-21(18)14-16-8-5-4-6-9-16/h4-6,8-9,17-18H,7,10-15H2,1-3H3/t17-,18-/m1/s1. The van der Waals surface area contributed by atoms with Gasteiger partial charge in [-0.25, -0.2) is 4.79 Å². The van der Waals surface area contributed by atoms with Gasteiger partial charge in [0.1, 0.15) is 5.60 Å². The molecule has 2 heterocycles. The Morgan fingerprint density at radius 1 is 1.17 bits per heavy atom. The van der Waals surface area contributed by atoms with Crippen LogP contribution >= 0.6 is 0 Å². The smallest absolute Gasteiger partial charge is 0.410 e. The zero-order valence-electron chi connectivity index (χ0n) is 15.2. The Balaban J connectivity index is 1.60. The summed E-state index contributed by atoms with van der Waals surface area (Å²) in [7, 11) is 0. The highest BCUT2D eigenvalue weighted by molar-refractivity contribution is 5.68. The second-order valence-corrected chi connectivity index (χ2v) is 8.14. The van der Waals surface area contributed by atoms with Crippen molar-refractivity contribution in [1.29, 1.82) is 0 Å². The van der Waals surface area contributed by atoms with Gasteiger partial charge in [0.05, 0.1) is 0 Å². The molecule has 0 N–H and O–H groups in total. The minimum Gasteiger partial charge on any atom is -0.444 e. The molecule has 0 spiro atoms. The molecule has 24 heavy (non-hydrogen) atoms. The van der Waals surface area contributed by atoms with E-state index in [0.717, 1.165) is 26.1 Å². The Morgan fingerprint density at radius 2 is 1.92 bits per heavy atom. The monoisotopic (exact) mass is 330 g/mol. The molecule has 0 unspecified atom stereocenters. The first kappa shape index (κ1) is 17.3. The number of carbonyl (C=O) groups excluding carboxylic acids is 1. The second-order valence-electron chi connectivity index (χ2n) is 8.14. The van der Waals surface area contributed by atoms with Gasteiger partial charge in [0, 0.05) is 25.7 Å². The maximum atomic E-state index is 12.4. The van der Waals surface area contributed by atoms with Crippen LogP contribution in [0.25, 0.3) is 0 Å². The Kier molecular flexibility index (Phi) is 5.14. The zero-order chi connectivity index (χ0) is 17.2. The van der Waals surface area contributed by atoms with Crippen LogP contribution in [0.5, 0.6) is 0 Å². The van der Waals surface area contributed by atoms with E-state index in [1.54, 1.807) is 0 Å². The normalized spacial score (nSPS) is 25.2. The third-order valence-corrected chi connectivity index (χ3v) is 5.06. The first-order chi connectivity index (χ1) is 11.4. The second kappa shape index (κ2) is 7.14. The number of benzene rings is 1. The highest BCUT2D eigenvalue weighted by Gasteiger charge is 2.38. The third kappa shape index (κ3) is 4.29. The van der Waals surface area contributed by atoms with E-state index in [9.17, 15) is 4.79 Å². The number of carbonyl (C=O) groups is 1. The maximum Gasteiger partial charge on any atom is 0.410 e. The fourth-order valence-corrected chi connectivity index (χ4v) is 4.01. The van der Waals surface area contributed by atoms with E-state index in [2.05, 4.69) is 35.2 Å². The van der Waals surface area contributed by atoms with Crippen molar-refractivity contribution in [1.82, 2.24) is 9.80 Å². The van der Waals surface area contributed by atoms with Crippen LogP contribution in [0.15, 0.2) is 30.3 Å². The number of fused-ring (bicyclic) bond motifs is 1. The number of likely N-dealkylation sites (tertiary alicyclic amines) is 2. The molecule has 2 atom stereocenters. The van der Waals surface area contributed by atoms with Crippen molar-refractivity contribution in [2.75, 3.05) is 19.6 Å². The molecule has 0 aromatic heterocycles. The van der Waals surface area contributed by atoms with Crippen LogP contribution in [-0.2, 0) is 11.3 Å². The molecule has 2 aliphatic rings. The van der Waals surface area contributed by atoms with Crippen LogP contribution in [0.1, 0.15) is 45.6 Å². The average Bonchev–Trinajstić information content (AvgIpc) is 2.54. The van der Waals surface area contributed by atoms with Crippen molar-refractivity contribution < 1.29 is 9.53 Å². The van der Waals surface area contributed by atoms with Gasteiger partial charge in [0.25, 0.3) is 0 Å². The van der Waals surface area contributed by atoms with E-state index in [1.807, 2.05) is 25.7 Å². The predicted molar refractivity (Wildman–Crippen MR) is 95.8 cm³/mol. The maximum absolute atomic E-state index is 12.4. The molecule has 2 aliphatic heterocycles. The van der Waals surface area contributed by atoms with Crippen molar-refractivity contribution in [2.24, 2.45) is 5.92 Å². The molecule has 3 rings (SSSR count). The van der Waals surface area contributed by atoms with Crippen LogP contribution < -0.4 is 0 Å². The number of hydrogen-bond donors (Lipinski definition) is 0. The topological polar surface area (TPSA) is 32.8 Å². The molecule has 4 nitrogen and oxygen atoms in total. The van der Waals surface area contributed by atoms with Gasteiger partial charge in [0.15, 0.2) is 0 Å². The molecule has 1 amide bonds. The number of ether oxygens (including phenoxy) is 1. The van der Waals surface area contributed by atoms with Crippen LogP contribution in [-0.4, -0.2) is 47.2 Å². The summed E-state index contributed by atoms with van der Waals surface area (Å²) in [5.74, 6) is 0.573. The Bertz CT molecular complexity index is 553. The quantitative estimate of drug-likeness (QED) is 0.824. The minimum absolute atomic E-state index is 0.152. The van der Waals surface area contributed by atoms with Gasteiger partial charge in [-0.15, -0.1) is 0 Å². The van der Waals surface area contributed by atoms with Crippen LogP contribution in [0, 0.1) is 5.92 Å². The van der Waals surface area contributed by atoms with Gasteiger partial charge < -0.3 is 9.64 Å². The summed E-state index contributed by atoms with van der Waals surface area (Å²) in [5, 5.41) is 0. The fourth-order valence-electron chi connectivity index (χ4n) is 4.01. The summed E-state index contributed by atoms with van der Waals surface area (Å²) in [5.41, 5.74) is 0.965. The van der Waals surface area contributed by atoms with Crippen LogP contribution in [0.3, 0.4) is 0 Å². The lowest BCUT2D eigenvalue weighted by molar-refractivity contribution is -0.0112. The predicted octanol–water partition coefficient (Wildman–Crippen LogP) is 3.91. The number of amides is 1. The van der Waals surface area contributed by atoms with Gasteiger partial charge in [-0.2, -0.15) is 0 Å². The van der Waals surface area contributed by atoms with Crippen LogP contribution in [0.2, 0.25) is 0 Å². The van der Waals surface area contributed by atoms with Crippen molar-refractivity contribution in [3.63, 3.8) is 0 Å². The largest absolute Gasteiger partial charge is 0.444 e. The molecule has 0 bridgehead atoms. The van der Waals surface area contributed by atoms with E-state index in [0.29, 0.717) is 12.0 Å². The lowest BCUT2D eigenvalue weighted by Crippen LogP contribution is -2.55. The molecule has 1 aromatic rings. The molecule has 2 saturated heterocycles. The van der Waals surface area contributed by atoms with E-state index in [4.69, 9.17) is 4.74 Å². The van der Waals surface area contributed by atoms with Gasteiger partial charge in [-0.3, -0.25) is 4.90 Å². The summed E-state index contributed by atoms with van der Waals surface area (Å²) >= 11 is 0. The Labute approximate surface area is 145 Å². The molecule has 0 radical (unpaired) electrons. The number of nitrogens with zero attached hydrogens (tertiary/aromatic N) is 2. The fraction of sp³-hybridized carbons (Fsp3) is 0.650. The van der Waals surface area contributed by atoms with Gasteiger partial charge in [-0.1, -0.05) is 30.3 Å². The molecule has 0 aliphatic carbocycles. The molecular weight excluding hydrogens is 300 g/mol. The summed E-state index contributed by atoms with van der Waals surface area (Å²) < 4.78 is 5.55. The number of rotatable bonds is 2. The molecule has 2 fully saturated rings. The summed E-state index contributed by atoms with van der Waals surface area (Å²) in [6, 6.07) is 11.3. The number of piperidine rings is 2. The average molecular weight is 330 g/mol. The summed E-state index contributed by atoms with van der Waals surface area (Å²) in [6.07, 6.45) is 3.34. The highest BCUT2D eigenvalue weighted by Crippen LogP contribution is 2.32. The summed E-state index contributed by atoms with van der Waals surface area (Å²) in [6.45, 7) is 9.63. The zero-order valence-corrected chi connectivity index (χ0v) is 15.2. The first-order valence-corrected chi connectivity index (χ1v) is 9.18. The SMILES string of the molecule is CC(C)(C)OC(=O)N1CC[C@@H]2[C@H](CCCN2Cc2ccccc2)C1. The third-order valence-electron chi connectivity index (χ3n) is 5.06. The molecule has 1 aromatic carbocycles. The molecule has 132 valence electrons. The van der Waals surface area contributed by atoms with E-state index in [-0.39, 0.29) is 6.09 Å². The Hall–Kier alpha value is -1.55. The van der Waals surface area contributed by atoms with Crippen molar-refractivity contribution in [3.8, 4) is 0 Å². The minimum atomic E-state index is -0.417. The Morgan fingerprint density at radius 3 is 2.62 bits per heavy atom. The van der Waals surface area contributed by atoms with E-state index >= 15 is 0 Å². The summed E-state index contributed by atoms with van der Waals surface area (Å²) in [4.78, 5) is 16.9. The lowest BCUT2D eigenvalue weighted by atomic mass is 9.83. The van der Waals surface area contributed by atoms with Crippen molar-refractivity contribution in [3.05, 3.63) is 35.9 Å². The van der Waals surface area contributed by atoms with Gasteiger partial charge >= 0.3 is 6.09 Å². The van der Waals surface area contributed by atoms with E-state index < -0.39 is 5.60 Å². The van der Waals surface area contributed by atoms with E-state index in [1.165, 1.54) is 24.9 Å². The first-order valence-electron chi connectivity index (χ1n) is 9.18.